The van der Waals surface area contributed by atoms with Crippen LogP contribution in [0.15, 0.2) is 18.2 Å². The minimum Gasteiger partial charge on any atom is -0.307 e. The van der Waals surface area contributed by atoms with E-state index in [0.29, 0.717) is 22.9 Å². The van der Waals surface area contributed by atoms with Gasteiger partial charge in [0.05, 0.1) is 0 Å². The fraction of sp³-hybridized carbons (Fsp3) is 0.652. The molecule has 24 heavy (non-hydrogen) atoms. The van der Waals surface area contributed by atoms with Gasteiger partial charge in [0.1, 0.15) is 0 Å². The molecule has 1 heteroatoms. The molecule has 2 aliphatic heterocycles. The number of fused-ring (bicyclic) bond motifs is 3. The fourth-order valence-corrected chi connectivity index (χ4v) is 5.19. The van der Waals surface area contributed by atoms with E-state index in [0.717, 1.165) is 0 Å². The van der Waals surface area contributed by atoms with E-state index in [1.165, 1.54) is 49.7 Å². The first-order valence-corrected chi connectivity index (χ1v) is 9.89. The van der Waals surface area contributed by atoms with Gasteiger partial charge >= 0.3 is 0 Å². The lowest BCUT2D eigenvalue weighted by atomic mass is 9.62. The Morgan fingerprint density at radius 1 is 0.958 bits per heavy atom. The van der Waals surface area contributed by atoms with Crippen LogP contribution in [0.2, 0.25) is 0 Å². The molecule has 1 aliphatic carbocycles. The van der Waals surface area contributed by atoms with Crippen LogP contribution in [-0.4, -0.2) is 12.1 Å². The Bertz CT molecular complexity index is 692. The normalized spacial score (nSPS) is 30.5. The summed E-state index contributed by atoms with van der Waals surface area (Å²) in [5.74, 6) is 0. The molecule has 0 radical (unpaired) electrons. The molecule has 1 fully saturated rings. The first-order chi connectivity index (χ1) is 11.3. The Morgan fingerprint density at radius 3 is 2.29 bits per heavy atom. The molecular weight excluding hydrogens is 290 g/mol. The third-order valence-electron chi connectivity index (χ3n) is 6.93. The van der Waals surface area contributed by atoms with Crippen LogP contribution >= 0.6 is 0 Å². The Kier molecular flexibility index (Phi) is 3.73. The zero-order valence-corrected chi connectivity index (χ0v) is 16.1. The van der Waals surface area contributed by atoms with Crippen molar-refractivity contribution in [2.45, 2.75) is 96.1 Å². The lowest BCUT2D eigenvalue weighted by Crippen LogP contribution is -2.44. The van der Waals surface area contributed by atoms with Crippen molar-refractivity contribution >= 4 is 5.57 Å². The fourth-order valence-electron chi connectivity index (χ4n) is 5.19. The Balaban J connectivity index is 1.82. The zero-order chi connectivity index (χ0) is 17.1. The molecule has 0 saturated carbocycles. The van der Waals surface area contributed by atoms with Crippen molar-refractivity contribution in [2.24, 2.45) is 0 Å². The van der Waals surface area contributed by atoms with Gasteiger partial charge < -0.3 is 5.32 Å². The van der Waals surface area contributed by atoms with Crippen molar-refractivity contribution < 1.29 is 0 Å². The minimum absolute atomic E-state index is 0.302. The molecule has 0 spiro atoms. The molecule has 2 atom stereocenters. The lowest BCUT2D eigenvalue weighted by Gasteiger charge is -2.43. The number of hydrogen-bond acceptors (Lipinski definition) is 1. The zero-order valence-electron chi connectivity index (χ0n) is 16.1. The number of piperidine rings is 1. The molecule has 1 aromatic rings. The predicted octanol–water partition coefficient (Wildman–Crippen LogP) is 5.64. The van der Waals surface area contributed by atoms with Gasteiger partial charge in [0.15, 0.2) is 0 Å². The molecule has 2 heterocycles. The second-order valence-electron chi connectivity index (χ2n) is 9.78. The number of benzene rings is 1. The van der Waals surface area contributed by atoms with Crippen molar-refractivity contribution in [1.29, 1.82) is 0 Å². The highest BCUT2D eigenvalue weighted by molar-refractivity contribution is 5.72. The standard InChI is InChI=1S/C23H33N/c1-15-11-20-21(23(4,5)10-9-22(20,2)3)14-19(15)16-12-17-7-6-8-18(13-16)24-17/h11-12,14,17-18,24H,6-10,13H2,1-5H3. The maximum Gasteiger partial charge on any atom is 0.0258 e. The molecule has 0 aromatic heterocycles. The summed E-state index contributed by atoms with van der Waals surface area (Å²) in [7, 11) is 0. The quantitative estimate of drug-likeness (QED) is 0.705. The second-order valence-corrected chi connectivity index (χ2v) is 9.78. The van der Waals surface area contributed by atoms with Crippen molar-refractivity contribution in [1.82, 2.24) is 5.32 Å². The number of nitrogens with one attached hydrogen (secondary N) is 1. The highest BCUT2D eigenvalue weighted by Gasteiger charge is 2.38. The first kappa shape index (κ1) is 16.4. The van der Waals surface area contributed by atoms with Gasteiger partial charge in [-0.1, -0.05) is 52.3 Å². The molecular formula is C23H33N. The average Bonchev–Trinajstić information content (AvgIpc) is 2.51. The van der Waals surface area contributed by atoms with Gasteiger partial charge in [-0.25, -0.2) is 0 Å². The summed E-state index contributed by atoms with van der Waals surface area (Å²) in [5, 5.41) is 3.79. The third kappa shape index (κ3) is 2.65. The van der Waals surface area contributed by atoms with E-state index < -0.39 is 0 Å². The van der Waals surface area contributed by atoms with Crippen LogP contribution in [0.1, 0.15) is 88.5 Å². The van der Waals surface area contributed by atoms with E-state index in [4.69, 9.17) is 0 Å². The topological polar surface area (TPSA) is 12.0 Å². The minimum atomic E-state index is 0.302. The van der Waals surface area contributed by atoms with Crippen LogP contribution in [0.25, 0.3) is 5.57 Å². The van der Waals surface area contributed by atoms with Gasteiger partial charge in [0.25, 0.3) is 0 Å². The van der Waals surface area contributed by atoms with Crippen LogP contribution in [-0.2, 0) is 10.8 Å². The SMILES string of the molecule is Cc1cc2c(cc1C1=CC3CCCC(C1)N3)C(C)(C)CCC2(C)C. The van der Waals surface area contributed by atoms with Crippen LogP contribution in [0.5, 0.6) is 0 Å². The highest BCUT2D eigenvalue weighted by Crippen LogP contribution is 2.47. The van der Waals surface area contributed by atoms with E-state index in [2.05, 4.69) is 58.1 Å². The summed E-state index contributed by atoms with van der Waals surface area (Å²) in [6.07, 6.45) is 10.4. The van der Waals surface area contributed by atoms with Gasteiger partial charge in [-0.3, -0.25) is 0 Å². The van der Waals surface area contributed by atoms with Gasteiger partial charge in [0, 0.05) is 12.1 Å². The summed E-state index contributed by atoms with van der Waals surface area (Å²) in [5.41, 5.74) is 8.41. The van der Waals surface area contributed by atoms with Crippen LogP contribution in [0.4, 0.5) is 0 Å². The molecule has 130 valence electrons. The number of hydrogen-bond donors (Lipinski definition) is 1. The number of rotatable bonds is 1. The van der Waals surface area contributed by atoms with E-state index in [1.807, 2.05) is 0 Å². The highest BCUT2D eigenvalue weighted by atomic mass is 15.0. The Hall–Kier alpha value is -1.08. The Morgan fingerprint density at radius 2 is 1.62 bits per heavy atom. The average molecular weight is 324 g/mol. The van der Waals surface area contributed by atoms with Crippen molar-refractivity contribution in [3.63, 3.8) is 0 Å². The largest absolute Gasteiger partial charge is 0.307 e. The van der Waals surface area contributed by atoms with Crippen LogP contribution in [0, 0.1) is 6.92 Å². The van der Waals surface area contributed by atoms with E-state index in [9.17, 15) is 0 Å². The Labute approximate surface area is 147 Å². The van der Waals surface area contributed by atoms with Crippen LogP contribution < -0.4 is 5.32 Å². The summed E-state index contributed by atoms with van der Waals surface area (Å²) in [6.45, 7) is 12.0. The van der Waals surface area contributed by atoms with E-state index >= 15 is 0 Å². The van der Waals surface area contributed by atoms with Gasteiger partial charge in [-0.15, -0.1) is 0 Å². The third-order valence-corrected chi connectivity index (χ3v) is 6.93. The van der Waals surface area contributed by atoms with E-state index in [-0.39, 0.29) is 0 Å². The van der Waals surface area contributed by atoms with Gasteiger partial charge in [-0.2, -0.15) is 0 Å². The molecule has 2 unspecified atom stereocenters. The molecule has 1 aromatic carbocycles. The summed E-state index contributed by atoms with van der Waals surface area (Å²) in [4.78, 5) is 0. The molecule has 3 aliphatic rings. The maximum absolute atomic E-state index is 3.79. The molecule has 1 saturated heterocycles. The molecule has 1 N–H and O–H groups in total. The molecule has 0 amide bonds. The molecule has 1 nitrogen and oxygen atoms in total. The van der Waals surface area contributed by atoms with Gasteiger partial charge in [-0.05, 0) is 77.7 Å². The van der Waals surface area contributed by atoms with Crippen molar-refractivity contribution in [2.75, 3.05) is 0 Å². The molecule has 2 bridgehead atoms. The molecule has 4 rings (SSSR count). The lowest BCUT2D eigenvalue weighted by molar-refractivity contribution is 0.331. The number of aryl methyl sites for hydroxylation is 1. The van der Waals surface area contributed by atoms with Crippen molar-refractivity contribution in [3.05, 3.63) is 40.5 Å². The predicted molar refractivity (Wildman–Crippen MR) is 104 cm³/mol. The van der Waals surface area contributed by atoms with Gasteiger partial charge in [0.2, 0.25) is 0 Å². The summed E-state index contributed by atoms with van der Waals surface area (Å²) < 4.78 is 0. The summed E-state index contributed by atoms with van der Waals surface area (Å²) >= 11 is 0. The maximum atomic E-state index is 3.79. The smallest absolute Gasteiger partial charge is 0.0258 e. The second kappa shape index (κ2) is 5.46. The van der Waals surface area contributed by atoms with Crippen molar-refractivity contribution in [3.8, 4) is 0 Å². The van der Waals surface area contributed by atoms with Crippen LogP contribution in [0.3, 0.4) is 0 Å². The summed E-state index contributed by atoms with van der Waals surface area (Å²) in [6, 6.07) is 6.39. The monoisotopic (exact) mass is 323 g/mol. The first-order valence-electron chi connectivity index (χ1n) is 9.89. The van der Waals surface area contributed by atoms with E-state index in [1.54, 1.807) is 16.7 Å².